The normalized spacial score (nSPS) is 22.6. The van der Waals surface area contributed by atoms with Gasteiger partial charge >= 0.3 is 12.3 Å². The topological polar surface area (TPSA) is 127 Å². The highest BCUT2D eigenvalue weighted by molar-refractivity contribution is 7.03. The van der Waals surface area contributed by atoms with Crippen LogP contribution in [0.1, 0.15) is 69.3 Å². The predicted octanol–water partition coefficient (Wildman–Crippen LogP) is 7.01. The number of benzene rings is 2. The maximum atomic E-state index is 16.2. The first-order chi connectivity index (χ1) is 23.6. The van der Waals surface area contributed by atoms with E-state index >= 15 is 9.18 Å². The molecular weight excluding hydrogens is 700 g/mol. The van der Waals surface area contributed by atoms with E-state index in [1.54, 1.807) is 24.3 Å². The standard InChI is InChI=1S/C33H31ClF4N8O3S/c1-30(2,3)16-32(20-7-4-18(5-8-20)22-10-13-50-44-22)27(47)45-24(15-49-29(48)43-31(11-12-31)33(36,37)38)19-6-9-21(34)23(14-19)46-26(39-17-40-46)25(35)41-28(45)42-32/h4-10,13-14,17,24-25H,11-12,15-16H2,1-3H3,(H,41,42)(H,43,48)/t24-,25?,32-/m1/s1. The lowest BCUT2D eigenvalue weighted by Gasteiger charge is -2.35. The van der Waals surface area contributed by atoms with E-state index < -0.39 is 53.6 Å². The average Bonchev–Trinajstić information content (AvgIpc) is 3.37. The Balaban J connectivity index is 1.35. The van der Waals surface area contributed by atoms with Crippen LogP contribution in [0.25, 0.3) is 16.9 Å². The zero-order valence-corrected chi connectivity index (χ0v) is 28.5. The molecule has 2 bridgehead atoms. The minimum Gasteiger partial charge on any atom is -0.447 e. The second kappa shape index (κ2) is 12.0. The number of rotatable bonds is 6. The summed E-state index contributed by atoms with van der Waals surface area (Å²) in [4.78, 5) is 37.5. The fraction of sp³-hybridized carbons (Fsp3) is 0.394. The minimum absolute atomic E-state index is 0.170. The van der Waals surface area contributed by atoms with Crippen molar-refractivity contribution < 1.29 is 31.9 Å². The summed E-state index contributed by atoms with van der Waals surface area (Å²) in [6, 6.07) is 12.6. The lowest BCUT2D eigenvalue weighted by molar-refractivity contribution is -0.164. The molecule has 0 spiro atoms. The third-order valence-electron chi connectivity index (χ3n) is 8.97. The van der Waals surface area contributed by atoms with Gasteiger partial charge in [0.15, 0.2) is 5.82 Å². The number of nitrogens with zero attached hydrogens (tertiary/aromatic N) is 6. The number of guanidine groups is 1. The van der Waals surface area contributed by atoms with Gasteiger partial charge in [0.1, 0.15) is 24.0 Å². The van der Waals surface area contributed by atoms with Crippen molar-refractivity contribution in [1.29, 1.82) is 0 Å². The number of carbonyl (C=O) groups excluding carboxylic acids is 2. The van der Waals surface area contributed by atoms with E-state index in [2.05, 4.69) is 24.8 Å². The summed E-state index contributed by atoms with van der Waals surface area (Å²) in [5.74, 6) is -0.935. The highest BCUT2D eigenvalue weighted by Gasteiger charge is 2.65. The number of alkyl halides is 4. The van der Waals surface area contributed by atoms with E-state index in [1.165, 1.54) is 27.2 Å². The van der Waals surface area contributed by atoms with Crippen LogP contribution < -0.4 is 10.6 Å². The molecular formula is C33H31ClF4N8O3S. The highest BCUT2D eigenvalue weighted by atomic mass is 35.5. The van der Waals surface area contributed by atoms with Crippen molar-refractivity contribution in [2.24, 2.45) is 10.4 Å². The number of hydrogen-bond donors (Lipinski definition) is 2. The Bertz CT molecular complexity index is 1980. The van der Waals surface area contributed by atoms with Gasteiger partial charge in [-0.15, -0.1) is 0 Å². The molecule has 3 atom stereocenters. The SMILES string of the molecule is CC(C)(C)C[C@]1(c2ccc(-c3ccsn3)cc2)NC2=NC(F)c3ncnn3-c3cc(ccc3Cl)[C@@H](COC(=O)NC3(C(F)(F)F)CC3)N2C1=O. The zero-order valence-electron chi connectivity index (χ0n) is 27.0. The summed E-state index contributed by atoms with van der Waals surface area (Å²) in [6.45, 7) is 5.24. The Morgan fingerprint density at radius 1 is 1.14 bits per heavy atom. The average molecular weight is 731 g/mol. The van der Waals surface area contributed by atoms with Crippen LogP contribution in [0, 0.1) is 5.41 Å². The van der Waals surface area contributed by atoms with Gasteiger partial charge in [0.2, 0.25) is 5.96 Å². The van der Waals surface area contributed by atoms with E-state index in [0.717, 1.165) is 17.6 Å². The van der Waals surface area contributed by atoms with E-state index in [-0.39, 0.29) is 41.8 Å². The molecule has 2 aromatic carbocycles. The minimum atomic E-state index is -4.67. The molecule has 50 heavy (non-hydrogen) atoms. The number of halogens is 5. The molecule has 2 aromatic heterocycles. The quantitative estimate of drug-likeness (QED) is 0.162. The van der Waals surface area contributed by atoms with E-state index in [4.69, 9.17) is 16.3 Å². The molecule has 2 fully saturated rings. The van der Waals surface area contributed by atoms with Crippen LogP contribution in [0.2, 0.25) is 5.02 Å². The molecule has 2 aliphatic heterocycles. The van der Waals surface area contributed by atoms with Crippen LogP contribution in [0.5, 0.6) is 0 Å². The number of carbonyl (C=O) groups is 2. The molecule has 7 rings (SSSR count). The van der Waals surface area contributed by atoms with Gasteiger partial charge in [-0.25, -0.2) is 23.8 Å². The molecule has 2 amide bonds. The Labute approximate surface area is 292 Å². The molecule has 1 unspecified atom stereocenters. The first-order valence-corrected chi connectivity index (χ1v) is 16.9. The van der Waals surface area contributed by atoms with Crippen molar-refractivity contribution in [1.82, 2.24) is 34.7 Å². The molecule has 1 saturated heterocycles. The second-order valence-corrected chi connectivity index (χ2v) is 14.8. The van der Waals surface area contributed by atoms with Crippen molar-refractivity contribution in [2.75, 3.05) is 6.61 Å². The number of aromatic nitrogens is 4. The molecule has 4 heterocycles. The van der Waals surface area contributed by atoms with Crippen molar-refractivity contribution in [2.45, 2.75) is 69.6 Å². The lowest BCUT2D eigenvalue weighted by Crippen LogP contribution is -2.49. The molecule has 0 radical (unpaired) electrons. The van der Waals surface area contributed by atoms with Gasteiger partial charge in [-0.3, -0.25) is 9.69 Å². The molecule has 11 nitrogen and oxygen atoms in total. The van der Waals surface area contributed by atoms with Crippen LogP contribution in [-0.2, 0) is 15.1 Å². The van der Waals surface area contributed by atoms with Crippen LogP contribution in [0.4, 0.5) is 22.4 Å². The van der Waals surface area contributed by atoms with Crippen molar-refractivity contribution in [3.8, 4) is 16.9 Å². The van der Waals surface area contributed by atoms with Crippen molar-refractivity contribution >= 4 is 41.1 Å². The summed E-state index contributed by atoms with van der Waals surface area (Å²) in [7, 11) is 0. The van der Waals surface area contributed by atoms with Gasteiger partial charge in [-0.2, -0.15) is 22.6 Å². The summed E-state index contributed by atoms with van der Waals surface area (Å²) < 4.78 is 68.2. The molecule has 1 aliphatic carbocycles. The summed E-state index contributed by atoms with van der Waals surface area (Å²) in [5.41, 5.74) is -1.64. The van der Waals surface area contributed by atoms with Crippen LogP contribution in [0.15, 0.2) is 65.2 Å². The molecule has 3 aliphatic rings. The molecule has 1 saturated carbocycles. The van der Waals surface area contributed by atoms with Crippen LogP contribution >= 0.6 is 23.1 Å². The van der Waals surface area contributed by atoms with E-state index in [1.807, 2.05) is 49.7 Å². The predicted molar refractivity (Wildman–Crippen MR) is 176 cm³/mol. The first kappa shape index (κ1) is 33.9. The van der Waals surface area contributed by atoms with Crippen LogP contribution in [-0.4, -0.2) is 60.3 Å². The summed E-state index contributed by atoms with van der Waals surface area (Å²) >= 11 is 7.83. The highest BCUT2D eigenvalue weighted by Crippen LogP contribution is 2.49. The van der Waals surface area contributed by atoms with Gasteiger partial charge < -0.3 is 15.4 Å². The second-order valence-electron chi connectivity index (χ2n) is 13.8. The zero-order chi connectivity index (χ0) is 35.6. The van der Waals surface area contributed by atoms with Gasteiger partial charge in [0.05, 0.1) is 22.4 Å². The van der Waals surface area contributed by atoms with Crippen molar-refractivity contribution in [3.05, 3.63) is 82.2 Å². The maximum Gasteiger partial charge on any atom is 0.411 e. The third-order valence-corrected chi connectivity index (χ3v) is 9.85. The molecule has 4 aromatic rings. The number of nitrogens with one attached hydrogen (secondary N) is 2. The fourth-order valence-electron chi connectivity index (χ4n) is 6.46. The molecule has 262 valence electrons. The molecule has 2 N–H and O–H groups in total. The van der Waals surface area contributed by atoms with Gasteiger partial charge in [0.25, 0.3) is 12.2 Å². The molecule has 17 heteroatoms. The summed E-state index contributed by atoms with van der Waals surface area (Å²) in [6.07, 6.45) is -7.34. The smallest absolute Gasteiger partial charge is 0.411 e. The number of alkyl carbamates (subject to hydrolysis) is 1. The van der Waals surface area contributed by atoms with Crippen LogP contribution in [0.3, 0.4) is 0 Å². The number of ether oxygens (including phenoxy) is 1. The Morgan fingerprint density at radius 3 is 2.52 bits per heavy atom. The largest absolute Gasteiger partial charge is 0.447 e. The third kappa shape index (κ3) is 5.97. The van der Waals surface area contributed by atoms with E-state index in [0.29, 0.717) is 11.1 Å². The maximum absolute atomic E-state index is 16.2. The van der Waals surface area contributed by atoms with Gasteiger partial charge in [-0.05, 0) is 65.5 Å². The van der Waals surface area contributed by atoms with Gasteiger partial charge in [-0.1, -0.05) is 62.7 Å². The van der Waals surface area contributed by atoms with Gasteiger partial charge in [0, 0.05) is 10.9 Å². The number of amides is 2. The number of aliphatic imine (C=N–C) groups is 1. The van der Waals surface area contributed by atoms with Crippen molar-refractivity contribution in [3.63, 3.8) is 0 Å². The monoisotopic (exact) mass is 730 g/mol. The Kier molecular flexibility index (Phi) is 8.16. The Morgan fingerprint density at radius 2 is 1.88 bits per heavy atom. The number of fused-ring (bicyclic) bond motifs is 5. The summed E-state index contributed by atoms with van der Waals surface area (Å²) in [5, 5.41) is 11.4. The first-order valence-electron chi connectivity index (χ1n) is 15.7. The Hall–Kier alpha value is -4.57. The lowest BCUT2D eigenvalue weighted by atomic mass is 9.75. The fourth-order valence-corrected chi connectivity index (χ4v) is 7.19. The van der Waals surface area contributed by atoms with E-state index in [9.17, 15) is 18.0 Å². The number of hydrogen-bond acceptors (Lipinski definition) is 9.